The molecule has 0 spiro atoms. The number of benzene rings is 1. The maximum absolute atomic E-state index is 14.0. The molecule has 0 aromatic heterocycles. The van der Waals surface area contributed by atoms with Crippen molar-refractivity contribution >= 4 is 5.91 Å². The fourth-order valence-electron chi connectivity index (χ4n) is 3.01. The minimum Gasteiger partial charge on any atom is -0.392 e. The van der Waals surface area contributed by atoms with Crippen LogP contribution in [0, 0.1) is 5.82 Å². The number of halogens is 1. The van der Waals surface area contributed by atoms with E-state index >= 15 is 0 Å². The maximum Gasteiger partial charge on any atom is 0.256 e. The Hall–Kier alpha value is -1.54. The molecule has 1 amide bonds. The summed E-state index contributed by atoms with van der Waals surface area (Å²) in [7, 11) is 1.57. The Morgan fingerprint density at radius 3 is 2.96 bits per heavy atom. The number of morpholine rings is 1. The van der Waals surface area contributed by atoms with E-state index in [1.165, 1.54) is 12.1 Å². The zero-order valence-electron chi connectivity index (χ0n) is 15.6. The molecular weight excluding hydrogens is 339 g/mol. The minimum atomic E-state index is -0.530. The van der Waals surface area contributed by atoms with E-state index in [0.29, 0.717) is 45.8 Å². The van der Waals surface area contributed by atoms with Gasteiger partial charge in [0.15, 0.2) is 0 Å². The molecule has 26 heavy (non-hydrogen) atoms. The number of amides is 1. The zero-order valence-corrected chi connectivity index (χ0v) is 15.6. The van der Waals surface area contributed by atoms with Crippen LogP contribution in [0.4, 0.5) is 4.39 Å². The van der Waals surface area contributed by atoms with E-state index in [4.69, 9.17) is 9.47 Å². The van der Waals surface area contributed by atoms with Gasteiger partial charge in [0, 0.05) is 39.8 Å². The summed E-state index contributed by atoms with van der Waals surface area (Å²) in [6, 6.07) is 5.98. The molecule has 1 fully saturated rings. The maximum atomic E-state index is 14.0. The lowest BCUT2D eigenvalue weighted by molar-refractivity contribution is -0.0518. The smallest absolute Gasteiger partial charge is 0.256 e. The molecule has 1 aliphatic heterocycles. The Morgan fingerprint density at radius 1 is 1.50 bits per heavy atom. The quantitative estimate of drug-likeness (QED) is 0.714. The Kier molecular flexibility index (Phi) is 8.44. The molecule has 1 heterocycles. The fourth-order valence-corrected chi connectivity index (χ4v) is 3.01. The Labute approximate surface area is 154 Å². The van der Waals surface area contributed by atoms with Gasteiger partial charge >= 0.3 is 0 Å². The average molecular weight is 368 g/mol. The number of hydrogen-bond donors (Lipinski definition) is 1. The predicted octanol–water partition coefficient (Wildman–Crippen LogP) is 1.39. The number of hydrogen-bond acceptors (Lipinski definition) is 5. The molecule has 1 aliphatic rings. The highest BCUT2D eigenvalue weighted by molar-refractivity contribution is 5.94. The van der Waals surface area contributed by atoms with Gasteiger partial charge in [-0.15, -0.1) is 0 Å². The van der Waals surface area contributed by atoms with Gasteiger partial charge in [-0.1, -0.05) is 19.1 Å². The minimum absolute atomic E-state index is 0.0534. The van der Waals surface area contributed by atoms with E-state index in [2.05, 4.69) is 4.90 Å². The number of aliphatic hydroxyl groups excluding tert-OH is 1. The molecule has 1 aromatic carbocycles. The Morgan fingerprint density at radius 2 is 2.27 bits per heavy atom. The molecule has 0 aliphatic carbocycles. The highest BCUT2D eigenvalue weighted by atomic mass is 19.1. The number of carbonyl (C=O) groups excluding carboxylic acids is 1. The van der Waals surface area contributed by atoms with Crippen LogP contribution in [0.3, 0.4) is 0 Å². The summed E-state index contributed by atoms with van der Waals surface area (Å²) in [5.74, 6) is -0.897. The van der Waals surface area contributed by atoms with Crippen LogP contribution in [0.5, 0.6) is 0 Å². The summed E-state index contributed by atoms with van der Waals surface area (Å²) < 4.78 is 24.9. The number of rotatable bonds is 9. The second-order valence-electron chi connectivity index (χ2n) is 6.54. The molecule has 7 heteroatoms. The molecule has 2 atom stereocenters. The largest absolute Gasteiger partial charge is 0.392 e. The van der Waals surface area contributed by atoms with E-state index in [1.807, 2.05) is 6.92 Å². The number of carbonyl (C=O) groups is 1. The van der Waals surface area contributed by atoms with Crippen molar-refractivity contribution in [1.82, 2.24) is 9.80 Å². The van der Waals surface area contributed by atoms with Crippen molar-refractivity contribution in [2.24, 2.45) is 0 Å². The summed E-state index contributed by atoms with van der Waals surface area (Å²) >= 11 is 0. The lowest BCUT2D eigenvalue weighted by Crippen LogP contribution is -2.50. The topological polar surface area (TPSA) is 62.2 Å². The van der Waals surface area contributed by atoms with Crippen LogP contribution in [0.25, 0.3) is 0 Å². The van der Waals surface area contributed by atoms with Crippen LogP contribution in [0.1, 0.15) is 23.7 Å². The van der Waals surface area contributed by atoms with Gasteiger partial charge < -0.3 is 19.5 Å². The number of aliphatic hydroxyl groups is 1. The monoisotopic (exact) mass is 368 g/mol. The summed E-state index contributed by atoms with van der Waals surface area (Å²) in [6.45, 7) is 5.56. The van der Waals surface area contributed by atoms with Gasteiger partial charge in [0.2, 0.25) is 0 Å². The van der Waals surface area contributed by atoms with E-state index < -0.39 is 5.82 Å². The molecule has 2 unspecified atom stereocenters. The van der Waals surface area contributed by atoms with E-state index in [-0.39, 0.29) is 23.7 Å². The van der Waals surface area contributed by atoms with Crippen LogP contribution in [0.15, 0.2) is 24.3 Å². The lowest BCUT2D eigenvalue weighted by Gasteiger charge is -2.36. The Balaban J connectivity index is 2.02. The van der Waals surface area contributed by atoms with Crippen molar-refractivity contribution in [2.45, 2.75) is 25.6 Å². The van der Waals surface area contributed by atoms with Crippen LogP contribution in [0.2, 0.25) is 0 Å². The normalized spacial score (nSPS) is 19.3. The van der Waals surface area contributed by atoms with E-state index in [0.717, 1.165) is 6.54 Å². The lowest BCUT2D eigenvalue weighted by atomic mass is 10.1. The number of nitrogens with zero attached hydrogens (tertiary/aromatic N) is 2. The molecule has 0 saturated carbocycles. The number of β-amino-alcohol motifs (C(OH)–C–C–N with tert-alkyl or cyclic N) is 1. The van der Waals surface area contributed by atoms with Crippen molar-refractivity contribution in [2.75, 3.05) is 53.0 Å². The molecule has 0 radical (unpaired) electrons. The first-order chi connectivity index (χ1) is 12.5. The molecule has 2 rings (SSSR count). The molecule has 1 aromatic rings. The van der Waals surface area contributed by atoms with Crippen LogP contribution in [-0.2, 0) is 9.47 Å². The van der Waals surface area contributed by atoms with Crippen molar-refractivity contribution in [3.05, 3.63) is 35.6 Å². The molecular formula is C19H29FN2O4. The summed E-state index contributed by atoms with van der Waals surface area (Å²) in [6.07, 6.45) is 0.159. The van der Waals surface area contributed by atoms with Crippen molar-refractivity contribution in [3.8, 4) is 0 Å². The van der Waals surface area contributed by atoms with Gasteiger partial charge in [0.25, 0.3) is 5.91 Å². The van der Waals surface area contributed by atoms with Gasteiger partial charge in [-0.05, 0) is 18.6 Å². The molecule has 1 saturated heterocycles. The SMILES string of the molecule is CCC(O)CN1CCOC(CN(CCOC)C(=O)c2ccccc2F)C1. The van der Waals surface area contributed by atoms with Gasteiger partial charge in [0.05, 0.1) is 31.0 Å². The van der Waals surface area contributed by atoms with E-state index in [9.17, 15) is 14.3 Å². The van der Waals surface area contributed by atoms with E-state index in [1.54, 1.807) is 24.1 Å². The van der Waals surface area contributed by atoms with Crippen LogP contribution in [-0.4, -0.2) is 86.1 Å². The van der Waals surface area contributed by atoms with Gasteiger partial charge in [0.1, 0.15) is 5.82 Å². The van der Waals surface area contributed by atoms with Crippen LogP contribution < -0.4 is 0 Å². The number of methoxy groups -OCH3 is 1. The standard InChI is InChI=1S/C19H29FN2O4/c1-3-15(23)12-21-8-11-26-16(13-21)14-22(9-10-25-2)19(24)17-6-4-5-7-18(17)20/h4-7,15-16,23H,3,8-14H2,1-2H3. The number of ether oxygens (including phenoxy) is 2. The summed E-state index contributed by atoms with van der Waals surface area (Å²) in [4.78, 5) is 16.5. The summed E-state index contributed by atoms with van der Waals surface area (Å²) in [5, 5.41) is 9.86. The highest BCUT2D eigenvalue weighted by Gasteiger charge is 2.27. The third-order valence-electron chi connectivity index (χ3n) is 4.54. The molecule has 146 valence electrons. The first kappa shape index (κ1) is 20.8. The van der Waals surface area contributed by atoms with Crippen molar-refractivity contribution in [1.29, 1.82) is 0 Å². The van der Waals surface area contributed by atoms with Gasteiger partial charge in [-0.3, -0.25) is 9.69 Å². The van der Waals surface area contributed by atoms with Gasteiger partial charge in [-0.2, -0.15) is 0 Å². The molecule has 6 nitrogen and oxygen atoms in total. The Bertz CT molecular complexity index is 572. The summed E-state index contributed by atoms with van der Waals surface area (Å²) in [5.41, 5.74) is 0.0534. The van der Waals surface area contributed by atoms with Crippen LogP contribution >= 0.6 is 0 Å². The third kappa shape index (κ3) is 6.02. The fraction of sp³-hybridized carbons (Fsp3) is 0.632. The second-order valence-corrected chi connectivity index (χ2v) is 6.54. The third-order valence-corrected chi connectivity index (χ3v) is 4.54. The second kappa shape index (κ2) is 10.6. The molecule has 1 N–H and O–H groups in total. The zero-order chi connectivity index (χ0) is 18.9. The average Bonchev–Trinajstić information content (AvgIpc) is 2.65. The first-order valence-corrected chi connectivity index (χ1v) is 9.09. The highest BCUT2D eigenvalue weighted by Crippen LogP contribution is 2.13. The van der Waals surface area contributed by atoms with Gasteiger partial charge in [-0.25, -0.2) is 4.39 Å². The van der Waals surface area contributed by atoms with Crippen molar-refractivity contribution < 1.29 is 23.8 Å². The van der Waals surface area contributed by atoms with Crippen molar-refractivity contribution in [3.63, 3.8) is 0 Å². The predicted molar refractivity (Wildman–Crippen MR) is 96.7 cm³/mol. The molecule has 0 bridgehead atoms. The first-order valence-electron chi connectivity index (χ1n) is 9.09.